The lowest BCUT2D eigenvalue weighted by Crippen LogP contribution is -2.18. The van der Waals surface area contributed by atoms with Crippen molar-refractivity contribution in [1.29, 1.82) is 0 Å². The van der Waals surface area contributed by atoms with Crippen molar-refractivity contribution in [1.82, 2.24) is 0 Å². The number of rotatable bonds is 2. The van der Waals surface area contributed by atoms with Gasteiger partial charge in [-0.25, -0.2) is 0 Å². The molecule has 0 saturated carbocycles. The number of allylic oxidation sites excluding steroid dienone is 2. The first-order chi connectivity index (χ1) is 11.6. The highest BCUT2D eigenvalue weighted by Gasteiger charge is 2.31. The third-order valence-corrected chi connectivity index (χ3v) is 5.55. The van der Waals surface area contributed by atoms with Crippen LogP contribution in [-0.4, -0.2) is 6.54 Å². The highest BCUT2D eigenvalue weighted by atomic mass is 32.2. The van der Waals surface area contributed by atoms with Gasteiger partial charge in [-0.2, -0.15) is 0 Å². The standard InChI is InChI=1S/C21H21NOS/c1-5-22-19(10-13(2)3)24-18-9-8-17-20(21(18)22)16-11-14(4)6-7-15(16)12-23-17/h6-11H,2,5,12H2,1,3-4H3/b19-10-. The van der Waals surface area contributed by atoms with Crippen LogP contribution < -0.4 is 9.64 Å². The molecular weight excluding hydrogens is 314 g/mol. The number of hydrogen-bond acceptors (Lipinski definition) is 3. The summed E-state index contributed by atoms with van der Waals surface area (Å²) in [5.74, 6) is 0.988. The Morgan fingerprint density at radius 2 is 2.17 bits per heavy atom. The Kier molecular flexibility index (Phi) is 3.69. The van der Waals surface area contributed by atoms with Crippen LogP contribution in [-0.2, 0) is 6.61 Å². The molecule has 2 aliphatic heterocycles. The second-order valence-electron chi connectivity index (χ2n) is 6.41. The average molecular weight is 335 g/mol. The van der Waals surface area contributed by atoms with Crippen molar-refractivity contribution in [3.05, 3.63) is 64.7 Å². The van der Waals surface area contributed by atoms with Crippen LogP contribution in [0.15, 0.2) is 58.5 Å². The molecule has 24 heavy (non-hydrogen) atoms. The molecule has 0 aromatic heterocycles. The van der Waals surface area contributed by atoms with Gasteiger partial charge in [0.2, 0.25) is 0 Å². The number of anilines is 1. The summed E-state index contributed by atoms with van der Waals surface area (Å²) in [7, 11) is 0. The molecule has 2 aromatic carbocycles. The van der Waals surface area contributed by atoms with Crippen molar-refractivity contribution in [3.8, 4) is 16.9 Å². The van der Waals surface area contributed by atoms with E-state index in [4.69, 9.17) is 4.74 Å². The Morgan fingerprint density at radius 3 is 2.92 bits per heavy atom. The maximum absolute atomic E-state index is 6.05. The van der Waals surface area contributed by atoms with Crippen LogP contribution in [0.4, 0.5) is 5.69 Å². The highest BCUT2D eigenvalue weighted by molar-refractivity contribution is 8.03. The Bertz CT molecular complexity index is 882. The fourth-order valence-electron chi connectivity index (χ4n) is 3.40. The van der Waals surface area contributed by atoms with Crippen molar-refractivity contribution in [2.75, 3.05) is 11.4 Å². The third kappa shape index (κ3) is 2.35. The van der Waals surface area contributed by atoms with E-state index in [-0.39, 0.29) is 0 Å². The van der Waals surface area contributed by atoms with Crippen molar-refractivity contribution in [3.63, 3.8) is 0 Å². The molecule has 3 heteroatoms. The van der Waals surface area contributed by atoms with E-state index in [0.717, 1.165) is 17.9 Å². The molecule has 122 valence electrons. The van der Waals surface area contributed by atoms with E-state index in [1.165, 1.54) is 37.9 Å². The Hall–Kier alpha value is -2.13. The number of nitrogens with zero attached hydrogens (tertiary/aromatic N) is 1. The molecule has 0 unspecified atom stereocenters. The first-order valence-corrected chi connectivity index (χ1v) is 9.12. The van der Waals surface area contributed by atoms with Crippen molar-refractivity contribution in [2.45, 2.75) is 32.3 Å². The molecule has 2 aliphatic rings. The van der Waals surface area contributed by atoms with Gasteiger partial charge < -0.3 is 9.64 Å². The quantitative estimate of drug-likeness (QED) is 0.677. The molecule has 4 rings (SSSR count). The number of fused-ring (bicyclic) bond motifs is 5. The molecule has 0 aliphatic carbocycles. The molecule has 0 spiro atoms. The second-order valence-corrected chi connectivity index (χ2v) is 7.47. The normalized spacial score (nSPS) is 16.5. The largest absolute Gasteiger partial charge is 0.488 e. The molecule has 2 nitrogen and oxygen atoms in total. The maximum Gasteiger partial charge on any atom is 0.129 e. The van der Waals surface area contributed by atoms with E-state index >= 15 is 0 Å². The number of thioether (sulfide) groups is 1. The van der Waals surface area contributed by atoms with Gasteiger partial charge in [0.25, 0.3) is 0 Å². The summed E-state index contributed by atoms with van der Waals surface area (Å²) in [6.45, 7) is 12.0. The average Bonchev–Trinajstić information content (AvgIpc) is 2.90. The minimum absolute atomic E-state index is 0.648. The van der Waals surface area contributed by atoms with Gasteiger partial charge in [-0.1, -0.05) is 47.7 Å². The first-order valence-electron chi connectivity index (χ1n) is 8.30. The molecule has 0 amide bonds. The van der Waals surface area contributed by atoms with E-state index in [2.05, 4.69) is 61.7 Å². The topological polar surface area (TPSA) is 12.5 Å². The van der Waals surface area contributed by atoms with E-state index in [1.807, 2.05) is 18.7 Å². The molecule has 2 heterocycles. The Morgan fingerprint density at radius 1 is 1.33 bits per heavy atom. The summed E-state index contributed by atoms with van der Waals surface area (Å²) in [4.78, 5) is 3.68. The van der Waals surface area contributed by atoms with Gasteiger partial charge in [0.05, 0.1) is 10.7 Å². The summed E-state index contributed by atoms with van der Waals surface area (Å²) < 4.78 is 6.05. The zero-order valence-corrected chi connectivity index (χ0v) is 15.2. The van der Waals surface area contributed by atoms with E-state index in [0.29, 0.717) is 6.61 Å². The number of ether oxygens (including phenoxy) is 1. The number of hydrogen-bond donors (Lipinski definition) is 0. The molecule has 0 N–H and O–H groups in total. The highest BCUT2D eigenvalue weighted by Crippen LogP contribution is 2.55. The molecule has 2 aromatic rings. The predicted octanol–water partition coefficient (Wildman–Crippen LogP) is 5.90. The summed E-state index contributed by atoms with van der Waals surface area (Å²) in [6.07, 6.45) is 2.17. The van der Waals surface area contributed by atoms with Crippen molar-refractivity contribution >= 4 is 17.4 Å². The van der Waals surface area contributed by atoms with Gasteiger partial charge in [-0.05, 0) is 50.1 Å². The van der Waals surface area contributed by atoms with Gasteiger partial charge >= 0.3 is 0 Å². The van der Waals surface area contributed by atoms with Gasteiger partial charge in [-0.3, -0.25) is 0 Å². The smallest absolute Gasteiger partial charge is 0.129 e. The fraction of sp³-hybridized carbons (Fsp3) is 0.238. The molecular formula is C21H21NOS. The van der Waals surface area contributed by atoms with E-state index < -0.39 is 0 Å². The van der Waals surface area contributed by atoms with E-state index in [1.54, 1.807) is 0 Å². The SMILES string of the molecule is C=C(C)/C=C1\Sc2ccc3c(c2N1CC)-c1cc(C)ccc1CO3. The van der Waals surface area contributed by atoms with Gasteiger partial charge in [0.15, 0.2) is 0 Å². The van der Waals surface area contributed by atoms with Crippen LogP contribution in [0.5, 0.6) is 5.75 Å². The molecule has 0 bridgehead atoms. The summed E-state index contributed by atoms with van der Waals surface area (Å²) in [5, 5.41) is 1.24. The van der Waals surface area contributed by atoms with Gasteiger partial charge in [0, 0.05) is 17.0 Å². The summed E-state index contributed by atoms with van der Waals surface area (Å²) in [6, 6.07) is 10.9. The van der Waals surface area contributed by atoms with Crippen LogP contribution in [0.25, 0.3) is 11.1 Å². The first kappa shape index (κ1) is 15.4. The monoisotopic (exact) mass is 335 g/mol. The predicted molar refractivity (Wildman–Crippen MR) is 103 cm³/mol. The third-order valence-electron chi connectivity index (χ3n) is 4.46. The Balaban J connectivity index is 1.96. The van der Waals surface area contributed by atoms with Crippen molar-refractivity contribution < 1.29 is 4.74 Å². The maximum atomic E-state index is 6.05. The minimum Gasteiger partial charge on any atom is -0.488 e. The zero-order valence-electron chi connectivity index (χ0n) is 14.3. The van der Waals surface area contributed by atoms with Crippen molar-refractivity contribution in [2.24, 2.45) is 0 Å². The number of aryl methyl sites for hydroxylation is 1. The fourth-order valence-corrected chi connectivity index (χ4v) is 4.66. The van der Waals surface area contributed by atoms with E-state index in [9.17, 15) is 0 Å². The molecule has 0 saturated heterocycles. The van der Waals surface area contributed by atoms with Crippen LogP contribution >= 0.6 is 11.8 Å². The summed E-state index contributed by atoms with van der Waals surface area (Å²) in [5.41, 5.74) is 7.44. The lowest BCUT2D eigenvalue weighted by molar-refractivity contribution is 0.302. The number of benzene rings is 2. The lowest BCUT2D eigenvalue weighted by atomic mass is 9.93. The van der Waals surface area contributed by atoms with Crippen LogP contribution in [0.2, 0.25) is 0 Å². The lowest BCUT2D eigenvalue weighted by Gasteiger charge is -2.27. The zero-order chi connectivity index (χ0) is 16.8. The van der Waals surface area contributed by atoms with Crippen LogP contribution in [0.1, 0.15) is 25.0 Å². The van der Waals surface area contributed by atoms with Crippen LogP contribution in [0, 0.1) is 6.92 Å². The minimum atomic E-state index is 0.648. The van der Waals surface area contributed by atoms with Gasteiger partial charge in [0.1, 0.15) is 12.4 Å². The molecule has 0 radical (unpaired) electrons. The van der Waals surface area contributed by atoms with Gasteiger partial charge in [-0.15, -0.1) is 0 Å². The van der Waals surface area contributed by atoms with Crippen LogP contribution in [0.3, 0.4) is 0 Å². The summed E-state index contributed by atoms with van der Waals surface area (Å²) >= 11 is 1.82. The molecule has 0 fully saturated rings. The Labute approximate surface area is 147 Å². The molecule has 0 atom stereocenters. The second kappa shape index (κ2) is 5.75.